The zero-order chi connectivity index (χ0) is 18.6. The second kappa shape index (κ2) is 7.97. The van der Waals surface area contributed by atoms with Crippen molar-refractivity contribution in [2.24, 2.45) is 0 Å². The molecular formula is C23H25NO3. The minimum absolute atomic E-state index is 0.0279. The van der Waals surface area contributed by atoms with E-state index in [2.05, 4.69) is 11.9 Å². The molecule has 0 N–H and O–H groups in total. The van der Waals surface area contributed by atoms with Crippen molar-refractivity contribution >= 4 is 11.0 Å². The van der Waals surface area contributed by atoms with Crippen LogP contribution in [-0.2, 0) is 0 Å². The molecule has 4 heteroatoms. The SMILES string of the molecule is CN1CCCCC1CCOc1ccc2occ(-c3ccccc3)c(=O)c2c1. The van der Waals surface area contributed by atoms with Gasteiger partial charge in [-0.05, 0) is 56.6 Å². The standard InChI is InChI=1S/C23H25NO3/c1-24-13-6-5-9-18(24)12-14-26-19-10-11-22-20(15-19)23(25)21(16-27-22)17-7-3-2-4-8-17/h2-4,7-8,10-11,15-16,18H,5-6,9,12-14H2,1H3. The van der Waals surface area contributed by atoms with Crippen molar-refractivity contribution in [2.45, 2.75) is 31.7 Å². The van der Waals surface area contributed by atoms with Crippen LogP contribution in [0.25, 0.3) is 22.1 Å². The van der Waals surface area contributed by atoms with Crippen molar-refractivity contribution in [1.29, 1.82) is 0 Å². The zero-order valence-corrected chi connectivity index (χ0v) is 15.7. The van der Waals surface area contributed by atoms with E-state index < -0.39 is 0 Å². The third-order valence-corrected chi connectivity index (χ3v) is 5.47. The van der Waals surface area contributed by atoms with Crippen molar-refractivity contribution in [3.8, 4) is 16.9 Å². The summed E-state index contributed by atoms with van der Waals surface area (Å²) in [7, 11) is 2.19. The molecule has 0 radical (unpaired) electrons. The molecule has 0 saturated carbocycles. The monoisotopic (exact) mass is 363 g/mol. The van der Waals surface area contributed by atoms with Gasteiger partial charge in [0.1, 0.15) is 17.6 Å². The summed E-state index contributed by atoms with van der Waals surface area (Å²) in [6.07, 6.45) is 6.38. The van der Waals surface area contributed by atoms with Gasteiger partial charge in [-0.3, -0.25) is 4.79 Å². The van der Waals surface area contributed by atoms with Gasteiger partial charge >= 0.3 is 0 Å². The van der Waals surface area contributed by atoms with Gasteiger partial charge in [-0.1, -0.05) is 36.8 Å². The summed E-state index contributed by atoms with van der Waals surface area (Å²) in [6.45, 7) is 1.83. The first-order valence-corrected chi connectivity index (χ1v) is 9.66. The Morgan fingerprint density at radius 1 is 1.15 bits per heavy atom. The summed E-state index contributed by atoms with van der Waals surface area (Å²) in [6, 6.07) is 15.7. The summed E-state index contributed by atoms with van der Waals surface area (Å²) in [4.78, 5) is 15.3. The van der Waals surface area contributed by atoms with Crippen molar-refractivity contribution in [1.82, 2.24) is 4.90 Å². The van der Waals surface area contributed by atoms with Crippen molar-refractivity contribution in [2.75, 3.05) is 20.2 Å². The molecule has 4 rings (SSSR count). The van der Waals surface area contributed by atoms with Gasteiger partial charge in [0, 0.05) is 6.04 Å². The van der Waals surface area contributed by atoms with E-state index in [-0.39, 0.29) is 5.43 Å². The lowest BCUT2D eigenvalue weighted by Crippen LogP contribution is -2.37. The summed E-state index contributed by atoms with van der Waals surface area (Å²) in [5.41, 5.74) is 1.99. The minimum Gasteiger partial charge on any atom is -0.494 e. The molecule has 1 aromatic heterocycles. The quantitative estimate of drug-likeness (QED) is 0.658. The van der Waals surface area contributed by atoms with E-state index in [1.165, 1.54) is 25.8 Å². The summed E-state index contributed by atoms with van der Waals surface area (Å²) < 4.78 is 11.6. The zero-order valence-electron chi connectivity index (χ0n) is 15.7. The Morgan fingerprint density at radius 3 is 2.81 bits per heavy atom. The van der Waals surface area contributed by atoms with E-state index in [9.17, 15) is 4.79 Å². The molecule has 1 unspecified atom stereocenters. The van der Waals surface area contributed by atoms with Gasteiger partial charge in [-0.2, -0.15) is 0 Å². The van der Waals surface area contributed by atoms with Crippen LogP contribution in [0.1, 0.15) is 25.7 Å². The van der Waals surface area contributed by atoms with Crippen LogP contribution in [0.2, 0.25) is 0 Å². The lowest BCUT2D eigenvalue weighted by Gasteiger charge is -2.32. The lowest BCUT2D eigenvalue weighted by molar-refractivity contribution is 0.153. The second-order valence-corrected chi connectivity index (χ2v) is 7.27. The molecule has 0 amide bonds. The Labute approximate surface area is 159 Å². The maximum Gasteiger partial charge on any atom is 0.200 e. The molecule has 4 nitrogen and oxygen atoms in total. The number of hydrogen-bond donors (Lipinski definition) is 0. The highest BCUT2D eigenvalue weighted by atomic mass is 16.5. The predicted octanol–water partition coefficient (Wildman–Crippen LogP) is 4.71. The highest BCUT2D eigenvalue weighted by Crippen LogP contribution is 2.24. The molecular weight excluding hydrogens is 338 g/mol. The van der Waals surface area contributed by atoms with Crippen molar-refractivity contribution in [3.05, 3.63) is 65.0 Å². The topological polar surface area (TPSA) is 42.7 Å². The number of piperidine rings is 1. The van der Waals surface area contributed by atoms with E-state index in [0.717, 1.165) is 17.7 Å². The largest absolute Gasteiger partial charge is 0.494 e. The molecule has 0 aliphatic carbocycles. The lowest BCUT2D eigenvalue weighted by atomic mass is 10.0. The molecule has 3 aromatic rings. The molecule has 1 saturated heterocycles. The first-order chi connectivity index (χ1) is 13.2. The fourth-order valence-corrected chi connectivity index (χ4v) is 3.84. The van der Waals surface area contributed by atoms with Crippen LogP contribution in [-0.4, -0.2) is 31.1 Å². The van der Waals surface area contributed by atoms with Gasteiger partial charge in [0.2, 0.25) is 5.43 Å². The van der Waals surface area contributed by atoms with E-state index in [1.807, 2.05) is 42.5 Å². The fourth-order valence-electron chi connectivity index (χ4n) is 3.84. The average molecular weight is 363 g/mol. The Morgan fingerprint density at radius 2 is 2.00 bits per heavy atom. The molecule has 27 heavy (non-hydrogen) atoms. The Balaban J connectivity index is 1.52. The average Bonchev–Trinajstić information content (AvgIpc) is 2.71. The number of benzene rings is 2. The summed E-state index contributed by atoms with van der Waals surface area (Å²) in [5, 5.41) is 0.559. The van der Waals surface area contributed by atoms with E-state index in [0.29, 0.717) is 29.2 Å². The highest BCUT2D eigenvalue weighted by Gasteiger charge is 2.18. The molecule has 1 aliphatic heterocycles. The predicted molar refractivity (Wildman–Crippen MR) is 108 cm³/mol. The highest BCUT2D eigenvalue weighted by molar-refractivity contribution is 5.82. The molecule has 1 fully saturated rings. The maximum atomic E-state index is 12.9. The van der Waals surface area contributed by atoms with Crippen molar-refractivity contribution in [3.63, 3.8) is 0 Å². The van der Waals surface area contributed by atoms with Gasteiger partial charge in [0.15, 0.2) is 0 Å². The van der Waals surface area contributed by atoms with Crippen LogP contribution >= 0.6 is 0 Å². The van der Waals surface area contributed by atoms with Gasteiger partial charge in [-0.25, -0.2) is 0 Å². The Hall–Kier alpha value is -2.59. The van der Waals surface area contributed by atoms with E-state index >= 15 is 0 Å². The molecule has 2 aromatic carbocycles. The van der Waals surface area contributed by atoms with Crippen LogP contribution in [0.15, 0.2) is 64.0 Å². The second-order valence-electron chi connectivity index (χ2n) is 7.27. The van der Waals surface area contributed by atoms with Gasteiger partial charge in [0.25, 0.3) is 0 Å². The molecule has 2 heterocycles. The van der Waals surface area contributed by atoms with E-state index in [4.69, 9.17) is 9.15 Å². The number of likely N-dealkylation sites (tertiary alicyclic amines) is 1. The van der Waals surface area contributed by atoms with E-state index in [1.54, 1.807) is 12.3 Å². The molecule has 140 valence electrons. The number of nitrogens with zero attached hydrogens (tertiary/aromatic N) is 1. The van der Waals surface area contributed by atoms with Crippen LogP contribution in [0.5, 0.6) is 5.75 Å². The van der Waals surface area contributed by atoms with Crippen LogP contribution in [0.4, 0.5) is 0 Å². The third-order valence-electron chi connectivity index (χ3n) is 5.47. The van der Waals surface area contributed by atoms with Crippen LogP contribution in [0.3, 0.4) is 0 Å². The first kappa shape index (κ1) is 17.8. The molecule has 0 bridgehead atoms. The third kappa shape index (κ3) is 3.91. The summed E-state index contributed by atoms with van der Waals surface area (Å²) >= 11 is 0. The maximum absolute atomic E-state index is 12.9. The Kier molecular flexibility index (Phi) is 5.26. The smallest absolute Gasteiger partial charge is 0.200 e. The van der Waals surface area contributed by atoms with Gasteiger partial charge < -0.3 is 14.1 Å². The summed E-state index contributed by atoms with van der Waals surface area (Å²) in [5.74, 6) is 0.721. The van der Waals surface area contributed by atoms with Crippen LogP contribution < -0.4 is 10.2 Å². The number of fused-ring (bicyclic) bond motifs is 1. The number of ether oxygens (including phenoxy) is 1. The first-order valence-electron chi connectivity index (χ1n) is 9.66. The normalized spacial score (nSPS) is 17.9. The molecule has 0 spiro atoms. The fraction of sp³-hybridized carbons (Fsp3) is 0.348. The van der Waals surface area contributed by atoms with Gasteiger partial charge in [0.05, 0.1) is 17.6 Å². The number of hydrogen-bond acceptors (Lipinski definition) is 4. The molecule has 1 aliphatic rings. The van der Waals surface area contributed by atoms with Gasteiger partial charge in [-0.15, -0.1) is 0 Å². The van der Waals surface area contributed by atoms with Crippen LogP contribution in [0, 0.1) is 0 Å². The molecule has 1 atom stereocenters. The Bertz CT molecular complexity index is 964. The van der Waals surface area contributed by atoms with Crippen molar-refractivity contribution < 1.29 is 9.15 Å². The number of rotatable bonds is 5. The minimum atomic E-state index is -0.0279.